The molecule has 180 valence electrons. The molecular weight excluding hydrogens is 443 g/mol. The van der Waals surface area contributed by atoms with E-state index in [1.807, 2.05) is 35.4 Å². The molecule has 6 rings (SSSR count). The molecule has 1 amide bonds. The van der Waals surface area contributed by atoms with Gasteiger partial charge in [-0.3, -0.25) is 9.78 Å². The van der Waals surface area contributed by atoms with E-state index >= 15 is 0 Å². The summed E-state index contributed by atoms with van der Waals surface area (Å²) in [7, 11) is 1.74. The van der Waals surface area contributed by atoms with Gasteiger partial charge in [0.1, 0.15) is 17.7 Å². The van der Waals surface area contributed by atoms with Gasteiger partial charge >= 0.3 is 0 Å². The minimum absolute atomic E-state index is 0.0767. The van der Waals surface area contributed by atoms with Crippen LogP contribution in [0.15, 0.2) is 48.7 Å². The highest BCUT2D eigenvalue weighted by molar-refractivity contribution is 5.97. The van der Waals surface area contributed by atoms with Crippen LogP contribution >= 0.6 is 0 Å². The molecule has 7 heteroatoms. The molecule has 6 nitrogen and oxygen atoms in total. The number of carbonyl (C=O) groups excluding carboxylic acids is 1. The Balaban J connectivity index is 1.19. The Bertz CT molecular complexity index is 1390. The number of fused-ring (bicyclic) bond motifs is 2. The van der Waals surface area contributed by atoms with Crippen LogP contribution < -0.4 is 0 Å². The maximum Gasteiger partial charge on any atom is 0.253 e. The first-order valence-electron chi connectivity index (χ1n) is 12.5. The molecule has 2 aromatic heterocycles. The molecule has 1 saturated carbocycles. The molecule has 1 aliphatic heterocycles. The number of likely N-dealkylation sites (tertiary alicyclic amines) is 1. The molecule has 2 aliphatic rings. The van der Waals surface area contributed by atoms with Crippen LogP contribution in [-0.2, 0) is 4.74 Å². The number of methoxy groups -OCH3 is 1. The van der Waals surface area contributed by atoms with E-state index < -0.39 is 0 Å². The number of carbonyl (C=O) groups is 1. The number of pyridine rings is 1. The van der Waals surface area contributed by atoms with Gasteiger partial charge < -0.3 is 14.6 Å². The fraction of sp³-hybridized carbons (Fsp3) is 0.393. The van der Waals surface area contributed by atoms with E-state index in [1.54, 1.807) is 19.2 Å². The lowest BCUT2D eigenvalue weighted by molar-refractivity contribution is 0.0274. The SMILES string of the molecule is CO[C@@H](c1nc2cc(C(=O)N3CCC3)ccc2[nH]1)[C@H]1CC[C@@H](c2ccnc3ccc(F)cc32)CC1. The van der Waals surface area contributed by atoms with Crippen molar-refractivity contribution in [3.05, 3.63) is 71.4 Å². The summed E-state index contributed by atoms with van der Waals surface area (Å²) in [6.45, 7) is 1.67. The van der Waals surface area contributed by atoms with E-state index in [0.29, 0.717) is 17.4 Å². The number of rotatable bonds is 5. The van der Waals surface area contributed by atoms with Crippen molar-refractivity contribution in [1.82, 2.24) is 19.9 Å². The number of hydrogen-bond donors (Lipinski definition) is 1. The van der Waals surface area contributed by atoms with Gasteiger partial charge in [0, 0.05) is 37.3 Å². The van der Waals surface area contributed by atoms with E-state index in [1.165, 1.54) is 11.6 Å². The van der Waals surface area contributed by atoms with E-state index in [9.17, 15) is 9.18 Å². The molecule has 2 aromatic carbocycles. The smallest absolute Gasteiger partial charge is 0.253 e. The first-order chi connectivity index (χ1) is 17.1. The van der Waals surface area contributed by atoms with E-state index in [2.05, 4.69) is 9.97 Å². The van der Waals surface area contributed by atoms with Crippen LogP contribution in [0.25, 0.3) is 21.9 Å². The zero-order valence-electron chi connectivity index (χ0n) is 19.8. The summed E-state index contributed by atoms with van der Waals surface area (Å²) in [6.07, 6.45) is 6.78. The van der Waals surface area contributed by atoms with Crippen LogP contribution in [0.1, 0.15) is 65.9 Å². The van der Waals surface area contributed by atoms with Crippen molar-refractivity contribution in [3.63, 3.8) is 0 Å². The van der Waals surface area contributed by atoms with Gasteiger partial charge in [0.05, 0.1) is 16.6 Å². The third-order valence-corrected chi connectivity index (χ3v) is 7.79. The van der Waals surface area contributed by atoms with Gasteiger partial charge in [-0.15, -0.1) is 0 Å². The second-order valence-electron chi connectivity index (χ2n) is 9.83. The molecule has 0 spiro atoms. The number of imidazole rings is 1. The van der Waals surface area contributed by atoms with Crippen LogP contribution in [0, 0.1) is 11.7 Å². The predicted octanol–water partition coefficient (Wildman–Crippen LogP) is 5.76. The van der Waals surface area contributed by atoms with Crippen molar-refractivity contribution < 1.29 is 13.9 Å². The zero-order valence-corrected chi connectivity index (χ0v) is 19.8. The van der Waals surface area contributed by atoms with Crippen LogP contribution in [0.2, 0.25) is 0 Å². The van der Waals surface area contributed by atoms with Gasteiger partial charge in [0.25, 0.3) is 5.91 Å². The Labute approximate surface area is 203 Å². The van der Waals surface area contributed by atoms with Crippen molar-refractivity contribution in [2.75, 3.05) is 20.2 Å². The standard InChI is InChI=1S/C28H29FN4O2/c1-35-26(27-31-24-9-7-19(15-25(24)32-27)28(34)33-13-2-14-33)18-5-3-17(4-6-18)21-11-12-30-23-10-8-20(29)16-22(21)23/h7-12,15-18,26H,2-6,13-14H2,1H3,(H,31,32)/t17-,18+,26-/m1/s1. The van der Waals surface area contributed by atoms with Gasteiger partial charge in [-0.05, 0) is 92.0 Å². The summed E-state index contributed by atoms with van der Waals surface area (Å²) in [6, 6.07) is 12.6. The summed E-state index contributed by atoms with van der Waals surface area (Å²) in [4.78, 5) is 27.1. The monoisotopic (exact) mass is 472 g/mol. The third kappa shape index (κ3) is 4.08. The van der Waals surface area contributed by atoms with Gasteiger partial charge in [-0.2, -0.15) is 0 Å². The molecule has 0 radical (unpaired) electrons. The van der Waals surface area contributed by atoms with Crippen molar-refractivity contribution in [2.24, 2.45) is 5.92 Å². The third-order valence-electron chi connectivity index (χ3n) is 7.79. The molecule has 1 saturated heterocycles. The van der Waals surface area contributed by atoms with E-state index in [4.69, 9.17) is 9.72 Å². The first kappa shape index (κ1) is 22.2. The molecule has 0 unspecified atom stereocenters. The highest BCUT2D eigenvalue weighted by Gasteiger charge is 2.32. The molecule has 1 N–H and O–H groups in total. The topological polar surface area (TPSA) is 71.1 Å². The number of amides is 1. The summed E-state index contributed by atoms with van der Waals surface area (Å²) in [5, 5.41) is 0.917. The lowest BCUT2D eigenvalue weighted by Crippen LogP contribution is -2.41. The van der Waals surface area contributed by atoms with Gasteiger partial charge in [-0.1, -0.05) is 0 Å². The van der Waals surface area contributed by atoms with Crippen molar-refractivity contribution in [2.45, 2.75) is 44.1 Å². The van der Waals surface area contributed by atoms with Gasteiger partial charge in [0.15, 0.2) is 0 Å². The molecule has 3 heterocycles. The second kappa shape index (κ2) is 9.04. The molecule has 0 bridgehead atoms. The average molecular weight is 473 g/mol. The maximum absolute atomic E-state index is 13.9. The van der Waals surface area contributed by atoms with E-state index in [0.717, 1.165) is 73.0 Å². The van der Waals surface area contributed by atoms with Crippen molar-refractivity contribution >= 4 is 27.8 Å². The fourth-order valence-electron chi connectivity index (χ4n) is 5.75. The van der Waals surface area contributed by atoms with Crippen LogP contribution in [0.4, 0.5) is 4.39 Å². The predicted molar refractivity (Wildman–Crippen MR) is 133 cm³/mol. The van der Waals surface area contributed by atoms with Crippen molar-refractivity contribution in [3.8, 4) is 0 Å². The Morgan fingerprint density at radius 1 is 1.09 bits per heavy atom. The van der Waals surface area contributed by atoms with Crippen LogP contribution in [-0.4, -0.2) is 46.0 Å². The second-order valence-corrected chi connectivity index (χ2v) is 9.83. The Kier molecular flexibility index (Phi) is 5.72. The normalized spacial score (nSPS) is 21.3. The number of H-pyrrole nitrogens is 1. The number of ether oxygens (including phenoxy) is 1. The molecule has 2 fully saturated rings. The highest BCUT2D eigenvalue weighted by Crippen LogP contribution is 2.43. The van der Waals surface area contributed by atoms with E-state index in [-0.39, 0.29) is 17.8 Å². The zero-order chi connectivity index (χ0) is 23.9. The van der Waals surface area contributed by atoms with Crippen molar-refractivity contribution in [1.29, 1.82) is 0 Å². The summed E-state index contributed by atoms with van der Waals surface area (Å²) in [5.41, 5.74) is 4.43. The maximum atomic E-state index is 13.9. The number of nitrogens with zero attached hydrogens (tertiary/aromatic N) is 3. The van der Waals surface area contributed by atoms with Gasteiger partial charge in [-0.25, -0.2) is 9.37 Å². The number of aromatic amines is 1. The van der Waals surface area contributed by atoms with Gasteiger partial charge in [0.2, 0.25) is 0 Å². The minimum atomic E-state index is -0.223. The molecule has 35 heavy (non-hydrogen) atoms. The minimum Gasteiger partial charge on any atom is -0.373 e. The van der Waals surface area contributed by atoms with Crippen LogP contribution in [0.5, 0.6) is 0 Å². The summed E-state index contributed by atoms with van der Waals surface area (Å²) < 4.78 is 19.9. The molecule has 1 aliphatic carbocycles. The number of nitrogens with one attached hydrogen (secondary N) is 1. The molecule has 1 atom stereocenters. The Hall–Kier alpha value is -3.32. The summed E-state index contributed by atoms with van der Waals surface area (Å²) in [5.74, 6) is 1.38. The number of hydrogen-bond acceptors (Lipinski definition) is 4. The largest absolute Gasteiger partial charge is 0.373 e. The van der Waals surface area contributed by atoms with Crippen LogP contribution in [0.3, 0.4) is 0 Å². The molecular formula is C28H29FN4O2. The number of benzene rings is 2. The lowest BCUT2D eigenvalue weighted by Gasteiger charge is -2.33. The lowest BCUT2D eigenvalue weighted by atomic mass is 9.76. The fourth-order valence-corrected chi connectivity index (χ4v) is 5.75. The Morgan fingerprint density at radius 3 is 2.66 bits per heavy atom. The average Bonchev–Trinajstić information content (AvgIpc) is 3.26. The number of aromatic nitrogens is 3. The first-order valence-corrected chi connectivity index (χ1v) is 12.5. The molecule has 4 aromatic rings. The highest BCUT2D eigenvalue weighted by atomic mass is 19.1. The quantitative estimate of drug-likeness (QED) is 0.401. The summed E-state index contributed by atoms with van der Waals surface area (Å²) >= 11 is 0. The Morgan fingerprint density at radius 2 is 1.91 bits per heavy atom. The number of halogens is 1.